The van der Waals surface area contributed by atoms with E-state index in [9.17, 15) is 0 Å². The van der Waals surface area contributed by atoms with Crippen LogP contribution >= 0.6 is 0 Å². The van der Waals surface area contributed by atoms with Crippen molar-refractivity contribution in [1.82, 2.24) is 0 Å². The van der Waals surface area contributed by atoms with Crippen molar-refractivity contribution in [2.75, 3.05) is 0 Å². The monoisotopic (exact) mass is 147 g/mol. The van der Waals surface area contributed by atoms with Crippen LogP contribution in [-0.4, -0.2) is 0 Å². The van der Waals surface area contributed by atoms with Crippen LogP contribution in [0.3, 0.4) is 0 Å². The summed E-state index contributed by atoms with van der Waals surface area (Å²) in [4.78, 5) is 0. The van der Waals surface area contributed by atoms with E-state index in [-0.39, 0.29) is 0 Å². The van der Waals surface area contributed by atoms with Gasteiger partial charge >= 0.3 is 0 Å². The number of nitrogens with zero attached hydrogens (tertiary/aromatic N) is 1. The maximum Gasteiger partial charge on any atom is 0.0662 e. The first-order valence-electron chi connectivity index (χ1n) is 4.40. The lowest BCUT2D eigenvalue weighted by molar-refractivity contribution is 0.482. The minimum absolute atomic E-state index is 0.347. The van der Waals surface area contributed by atoms with Crippen molar-refractivity contribution in [3.05, 3.63) is 11.6 Å². The van der Waals surface area contributed by atoms with Gasteiger partial charge in [0.1, 0.15) is 0 Å². The van der Waals surface area contributed by atoms with Gasteiger partial charge in [-0.15, -0.1) is 0 Å². The van der Waals surface area contributed by atoms with Crippen LogP contribution in [0.15, 0.2) is 11.6 Å². The summed E-state index contributed by atoms with van der Waals surface area (Å²) < 4.78 is 0. The molecule has 0 amide bonds. The van der Waals surface area contributed by atoms with Crippen molar-refractivity contribution in [3.8, 4) is 6.07 Å². The Bertz CT molecular complexity index is 234. The summed E-state index contributed by atoms with van der Waals surface area (Å²) in [6, 6.07) is 2.42. The first-order chi connectivity index (χ1) is 5.35. The number of hydrogen-bond donors (Lipinski definition) is 0. The molecule has 2 fully saturated rings. The molecular weight excluding hydrogens is 134 g/mol. The molecule has 0 saturated heterocycles. The lowest BCUT2D eigenvalue weighted by Gasteiger charge is -2.17. The SMILES string of the molecule is CC=C1C[C@H]2CC(C#N)[C@@H]1C2. The molecular formula is C10H13N. The van der Waals surface area contributed by atoms with Crippen LogP contribution in [-0.2, 0) is 0 Å². The van der Waals surface area contributed by atoms with Gasteiger partial charge in [-0.05, 0) is 38.0 Å². The molecule has 2 saturated carbocycles. The number of hydrogen-bond acceptors (Lipinski definition) is 1. The standard InChI is InChI=1S/C10H13N/c1-2-8-3-7-4-9(6-11)10(8)5-7/h2,7,9-10H,3-5H2,1H3/t7-,9?,10+/m0/s1. The molecule has 11 heavy (non-hydrogen) atoms. The molecule has 1 unspecified atom stereocenters. The van der Waals surface area contributed by atoms with Crippen molar-refractivity contribution in [2.45, 2.75) is 26.2 Å². The minimum atomic E-state index is 0.347. The Morgan fingerprint density at radius 2 is 2.36 bits per heavy atom. The number of allylic oxidation sites excluding steroid dienone is 2. The minimum Gasteiger partial charge on any atom is -0.198 e. The van der Waals surface area contributed by atoms with Crippen molar-refractivity contribution < 1.29 is 0 Å². The Balaban J connectivity index is 2.22. The number of rotatable bonds is 0. The number of fused-ring (bicyclic) bond motifs is 2. The molecule has 1 nitrogen and oxygen atoms in total. The highest BCUT2D eigenvalue weighted by Gasteiger charge is 2.42. The Kier molecular flexibility index (Phi) is 1.49. The second-order valence-electron chi connectivity index (χ2n) is 3.75. The molecule has 0 aliphatic heterocycles. The zero-order valence-electron chi connectivity index (χ0n) is 6.88. The summed E-state index contributed by atoms with van der Waals surface area (Å²) in [6.07, 6.45) is 5.95. The highest BCUT2D eigenvalue weighted by molar-refractivity contribution is 5.21. The third kappa shape index (κ3) is 0.894. The molecule has 0 heterocycles. The van der Waals surface area contributed by atoms with Crippen molar-refractivity contribution in [1.29, 1.82) is 5.26 Å². The van der Waals surface area contributed by atoms with Gasteiger partial charge in [0.25, 0.3) is 0 Å². The molecule has 0 aromatic heterocycles. The lowest BCUT2D eigenvalue weighted by Crippen LogP contribution is -2.10. The van der Waals surface area contributed by atoms with Gasteiger partial charge in [-0.2, -0.15) is 5.26 Å². The molecule has 0 aromatic carbocycles. The van der Waals surface area contributed by atoms with E-state index in [4.69, 9.17) is 5.26 Å². The van der Waals surface area contributed by atoms with E-state index in [0.29, 0.717) is 11.8 Å². The smallest absolute Gasteiger partial charge is 0.0662 e. The average molecular weight is 147 g/mol. The Labute approximate surface area is 67.7 Å². The predicted octanol–water partition coefficient (Wildman–Crippen LogP) is 2.50. The Morgan fingerprint density at radius 3 is 2.91 bits per heavy atom. The molecule has 2 aliphatic rings. The first-order valence-corrected chi connectivity index (χ1v) is 4.40. The van der Waals surface area contributed by atoms with E-state index in [0.717, 1.165) is 5.92 Å². The fraction of sp³-hybridized carbons (Fsp3) is 0.700. The van der Waals surface area contributed by atoms with Crippen LogP contribution in [0.5, 0.6) is 0 Å². The van der Waals surface area contributed by atoms with Gasteiger partial charge in [-0.25, -0.2) is 0 Å². The van der Waals surface area contributed by atoms with Gasteiger partial charge in [-0.3, -0.25) is 0 Å². The molecule has 1 heteroatoms. The first kappa shape index (κ1) is 6.91. The zero-order valence-corrected chi connectivity index (χ0v) is 6.88. The molecule has 0 aromatic rings. The zero-order chi connectivity index (χ0) is 7.84. The van der Waals surface area contributed by atoms with Gasteiger partial charge in [0.05, 0.1) is 12.0 Å². The van der Waals surface area contributed by atoms with Crippen LogP contribution in [0.2, 0.25) is 0 Å². The summed E-state index contributed by atoms with van der Waals surface area (Å²) in [5.41, 5.74) is 1.55. The molecule has 0 spiro atoms. The van der Waals surface area contributed by atoms with Crippen LogP contribution < -0.4 is 0 Å². The van der Waals surface area contributed by atoms with Crippen molar-refractivity contribution >= 4 is 0 Å². The van der Waals surface area contributed by atoms with E-state index in [1.54, 1.807) is 5.57 Å². The van der Waals surface area contributed by atoms with Gasteiger partial charge in [0, 0.05) is 0 Å². The van der Waals surface area contributed by atoms with Crippen LogP contribution in [0.4, 0.5) is 0 Å². The van der Waals surface area contributed by atoms with Gasteiger partial charge < -0.3 is 0 Å². The summed E-state index contributed by atoms with van der Waals surface area (Å²) in [6.45, 7) is 2.10. The second-order valence-corrected chi connectivity index (χ2v) is 3.75. The third-order valence-corrected chi connectivity index (χ3v) is 3.20. The summed E-state index contributed by atoms with van der Waals surface area (Å²) >= 11 is 0. The predicted molar refractivity (Wildman–Crippen MR) is 43.7 cm³/mol. The normalized spacial score (nSPS) is 44.7. The topological polar surface area (TPSA) is 23.8 Å². The molecule has 3 atom stereocenters. The molecule has 2 bridgehead atoms. The lowest BCUT2D eigenvalue weighted by atomic mass is 9.86. The fourth-order valence-electron chi connectivity index (χ4n) is 2.68. The van der Waals surface area contributed by atoms with Gasteiger partial charge in [-0.1, -0.05) is 11.6 Å². The van der Waals surface area contributed by atoms with Crippen molar-refractivity contribution in [2.24, 2.45) is 17.8 Å². The largest absolute Gasteiger partial charge is 0.198 e. The average Bonchev–Trinajstić information content (AvgIpc) is 2.60. The second kappa shape index (κ2) is 2.37. The fourth-order valence-corrected chi connectivity index (χ4v) is 2.68. The van der Waals surface area contributed by atoms with Crippen LogP contribution in [0, 0.1) is 29.1 Å². The highest BCUT2D eigenvalue weighted by Crippen LogP contribution is 2.51. The van der Waals surface area contributed by atoms with Crippen molar-refractivity contribution in [3.63, 3.8) is 0 Å². The van der Waals surface area contributed by atoms with E-state index >= 15 is 0 Å². The molecule has 2 rings (SSSR count). The summed E-state index contributed by atoms with van der Waals surface area (Å²) in [5, 5.41) is 8.82. The van der Waals surface area contributed by atoms with Crippen LogP contribution in [0.25, 0.3) is 0 Å². The maximum absolute atomic E-state index is 8.82. The van der Waals surface area contributed by atoms with Crippen LogP contribution in [0.1, 0.15) is 26.2 Å². The van der Waals surface area contributed by atoms with E-state index in [1.165, 1.54) is 19.3 Å². The van der Waals surface area contributed by atoms with E-state index in [1.807, 2.05) is 0 Å². The third-order valence-electron chi connectivity index (χ3n) is 3.20. The van der Waals surface area contributed by atoms with Gasteiger partial charge in [0.2, 0.25) is 0 Å². The molecule has 2 aliphatic carbocycles. The quantitative estimate of drug-likeness (QED) is 0.483. The maximum atomic E-state index is 8.82. The highest BCUT2D eigenvalue weighted by atomic mass is 14.5. The van der Waals surface area contributed by atoms with Gasteiger partial charge in [0.15, 0.2) is 0 Å². The van der Waals surface area contributed by atoms with E-state index < -0.39 is 0 Å². The molecule has 0 radical (unpaired) electrons. The van der Waals surface area contributed by atoms with E-state index in [2.05, 4.69) is 19.1 Å². The molecule has 0 N–H and O–H groups in total. The molecule has 58 valence electrons. The summed E-state index contributed by atoms with van der Waals surface area (Å²) in [7, 11) is 0. The Hall–Kier alpha value is -0.770. The number of nitriles is 1. The Morgan fingerprint density at radius 1 is 1.55 bits per heavy atom. The summed E-state index contributed by atoms with van der Waals surface area (Å²) in [5.74, 6) is 1.82.